The molecule has 2 atom stereocenters. The van der Waals surface area contributed by atoms with Gasteiger partial charge in [0.25, 0.3) is 0 Å². The number of piperidine rings is 1. The number of carbonyl (C=O) groups excluding carboxylic acids is 1. The van der Waals surface area contributed by atoms with Gasteiger partial charge < -0.3 is 14.7 Å². The van der Waals surface area contributed by atoms with Crippen molar-refractivity contribution in [3.05, 3.63) is 35.4 Å². The molecule has 0 spiro atoms. The number of likely N-dealkylation sites (tertiary alicyclic amines) is 2. The number of hydrogen-bond donors (Lipinski definition) is 1. The third-order valence-corrected chi connectivity index (χ3v) is 6.51. The Morgan fingerprint density at radius 2 is 1.84 bits per heavy atom. The number of fused-ring (bicyclic) bond motifs is 1. The average molecular weight is 457 g/mol. The van der Waals surface area contributed by atoms with Crippen molar-refractivity contribution in [3.63, 3.8) is 0 Å². The molecule has 0 radical (unpaired) electrons. The Kier molecular flexibility index (Phi) is 8.16. The Bertz CT molecular complexity index is 796. The fourth-order valence-corrected chi connectivity index (χ4v) is 4.92. The number of amides is 1. The van der Waals surface area contributed by atoms with E-state index in [0.29, 0.717) is 30.3 Å². The van der Waals surface area contributed by atoms with Crippen LogP contribution in [0.3, 0.4) is 0 Å². The molecular weight excluding hydrogens is 425 g/mol. The van der Waals surface area contributed by atoms with Crippen LogP contribution in [0.4, 0.5) is 13.2 Å². The van der Waals surface area contributed by atoms with Gasteiger partial charge in [0.1, 0.15) is 0 Å². The van der Waals surface area contributed by atoms with Crippen molar-refractivity contribution in [2.75, 3.05) is 26.3 Å². The van der Waals surface area contributed by atoms with Crippen molar-refractivity contribution in [1.29, 1.82) is 0 Å². The van der Waals surface area contributed by atoms with Gasteiger partial charge in [0.15, 0.2) is 0 Å². The highest BCUT2D eigenvalue weighted by Gasteiger charge is 2.43. The van der Waals surface area contributed by atoms with Gasteiger partial charge >= 0.3 is 12.1 Å². The number of halogens is 3. The third-order valence-electron chi connectivity index (χ3n) is 6.51. The summed E-state index contributed by atoms with van der Waals surface area (Å²) in [6.07, 6.45) is 0.00207. The quantitative estimate of drug-likeness (QED) is 0.750. The molecule has 1 N–H and O–H groups in total. The summed E-state index contributed by atoms with van der Waals surface area (Å²) in [6.45, 7) is 6.95. The molecule has 0 bridgehead atoms. The van der Waals surface area contributed by atoms with Crippen LogP contribution in [0.1, 0.15) is 43.2 Å². The molecule has 9 heteroatoms. The molecule has 0 aromatic heterocycles. The van der Waals surface area contributed by atoms with Crippen molar-refractivity contribution >= 4 is 11.9 Å². The van der Waals surface area contributed by atoms with Crippen LogP contribution in [0.5, 0.6) is 0 Å². The largest absolute Gasteiger partial charge is 0.490 e. The summed E-state index contributed by atoms with van der Waals surface area (Å²) in [5.74, 6) is -1.75. The molecule has 6 nitrogen and oxygen atoms in total. The standard InChI is InChI=1S/C21H30N2O2.C2HF3O2/c1-16-3-2-4-18(13-16)14-22-10-7-20-19(22)5-6-21(24)23(20)15-17-8-11-25-12-9-17;3-2(4,5)1(6)7/h2-4,13,17,19-20H,5-12,14-15H2,1H3;(H,6,7)/t19-,20-;/m0./s1. The van der Waals surface area contributed by atoms with Gasteiger partial charge in [-0.1, -0.05) is 29.8 Å². The van der Waals surface area contributed by atoms with Crippen LogP contribution < -0.4 is 0 Å². The van der Waals surface area contributed by atoms with E-state index in [0.717, 1.165) is 58.5 Å². The number of benzene rings is 1. The van der Waals surface area contributed by atoms with Gasteiger partial charge in [-0.3, -0.25) is 9.69 Å². The molecule has 1 aromatic carbocycles. The first-order valence-electron chi connectivity index (χ1n) is 11.1. The minimum atomic E-state index is -5.08. The second kappa shape index (κ2) is 10.7. The molecule has 3 heterocycles. The molecule has 32 heavy (non-hydrogen) atoms. The van der Waals surface area contributed by atoms with Crippen LogP contribution in [0, 0.1) is 12.8 Å². The maximum Gasteiger partial charge on any atom is 0.490 e. The Morgan fingerprint density at radius 3 is 2.47 bits per heavy atom. The van der Waals surface area contributed by atoms with Crippen LogP contribution in [-0.2, 0) is 20.9 Å². The number of hydrogen-bond acceptors (Lipinski definition) is 4. The van der Waals surface area contributed by atoms with E-state index in [1.165, 1.54) is 11.1 Å². The van der Waals surface area contributed by atoms with Gasteiger partial charge in [0.05, 0.1) is 0 Å². The van der Waals surface area contributed by atoms with Gasteiger partial charge in [-0.15, -0.1) is 0 Å². The lowest BCUT2D eigenvalue weighted by atomic mass is 9.92. The van der Waals surface area contributed by atoms with Crippen molar-refractivity contribution in [1.82, 2.24) is 9.80 Å². The van der Waals surface area contributed by atoms with E-state index in [-0.39, 0.29) is 0 Å². The van der Waals surface area contributed by atoms with E-state index in [1.807, 2.05) is 0 Å². The van der Waals surface area contributed by atoms with Gasteiger partial charge in [-0.2, -0.15) is 13.2 Å². The fourth-order valence-electron chi connectivity index (χ4n) is 4.92. The van der Waals surface area contributed by atoms with E-state index in [2.05, 4.69) is 41.0 Å². The number of rotatable bonds is 4. The summed E-state index contributed by atoms with van der Waals surface area (Å²) in [5.41, 5.74) is 2.72. The second-order valence-electron chi connectivity index (χ2n) is 8.83. The maximum absolute atomic E-state index is 12.6. The first-order valence-corrected chi connectivity index (χ1v) is 11.1. The third kappa shape index (κ3) is 6.45. The second-order valence-corrected chi connectivity index (χ2v) is 8.83. The first-order chi connectivity index (χ1) is 15.1. The molecule has 0 unspecified atom stereocenters. The summed E-state index contributed by atoms with van der Waals surface area (Å²) in [4.78, 5) is 26.3. The predicted octanol–water partition coefficient (Wildman–Crippen LogP) is 3.62. The maximum atomic E-state index is 12.6. The zero-order valence-electron chi connectivity index (χ0n) is 18.3. The minimum Gasteiger partial charge on any atom is -0.475 e. The molecule has 3 aliphatic rings. The molecule has 0 saturated carbocycles. The zero-order chi connectivity index (χ0) is 23.3. The molecule has 3 fully saturated rings. The van der Waals surface area contributed by atoms with Crippen molar-refractivity contribution in [2.24, 2.45) is 5.92 Å². The van der Waals surface area contributed by atoms with Gasteiger partial charge in [-0.05, 0) is 44.1 Å². The summed E-state index contributed by atoms with van der Waals surface area (Å²) in [6, 6.07) is 9.80. The summed E-state index contributed by atoms with van der Waals surface area (Å²) < 4.78 is 37.2. The minimum absolute atomic E-state index is 0.380. The van der Waals surface area contributed by atoms with E-state index in [9.17, 15) is 18.0 Å². The molecule has 1 aromatic rings. The lowest BCUT2D eigenvalue weighted by Crippen LogP contribution is -2.53. The first kappa shape index (κ1) is 24.5. The summed E-state index contributed by atoms with van der Waals surface area (Å²) in [5, 5.41) is 7.12. The average Bonchev–Trinajstić information content (AvgIpc) is 3.13. The van der Waals surface area contributed by atoms with Crippen molar-refractivity contribution < 1.29 is 32.6 Å². The number of carbonyl (C=O) groups is 2. The molecule has 4 rings (SSSR count). The highest BCUT2D eigenvalue weighted by Crippen LogP contribution is 2.34. The molecule has 3 aliphatic heterocycles. The fraction of sp³-hybridized carbons (Fsp3) is 0.652. The number of alkyl halides is 3. The Balaban J connectivity index is 0.000000360. The molecular formula is C23H31F3N2O4. The number of nitrogens with zero attached hydrogens (tertiary/aromatic N) is 2. The number of carboxylic acid groups (broad SMARTS) is 1. The van der Waals surface area contributed by atoms with Crippen LogP contribution >= 0.6 is 0 Å². The zero-order valence-corrected chi connectivity index (χ0v) is 18.3. The highest BCUT2D eigenvalue weighted by molar-refractivity contribution is 5.77. The number of aryl methyl sites for hydroxylation is 1. The number of aliphatic carboxylic acids is 1. The van der Waals surface area contributed by atoms with Gasteiger partial charge in [0, 0.05) is 51.4 Å². The molecule has 3 saturated heterocycles. The predicted molar refractivity (Wildman–Crippen MR) is 112 cm³/mol. The molecule has 1 amide bonds. The Morgan fingerprint density at radius 1 is 1.16 bits per heavy atom. The SMILES string of the molecule is Cc1cccc(CN2CC[C@H]3[C@@H]2CCC(=O)N3CC2CCOCC2)c1.O=C(O)C(F)(F)F. The van der Waals surface area contributed by atoms with Crippen molar-refractivity contribution in [2.45, 2.75) is 63.8 Å². The molecule has 178 valence electrons. The van der Waals surface area contributed by atoms with Gasteiger partial charge in [0.2, 0.25) is 5.91 Å². The van der Waals surface area contributed by atoms with Crippen molar-refractivity contribution in [3.8, 4) is 0 Å². The highest BCUT2D eigenvalue weighted by atomic mass is 19.4. The number of ether oxygens (including phenoxy) is 1. The van der Waals surface area contributed by atoms with E-state index in [1.54, 1.807) is 0 Å². The van der Waals surface area contributed by atoms with Crippen LogP contribution in [0.15, 0.2) is 24.3 Å². The molecule has 0 aliphatic carbocycles. The monoisotopic (exact) mass is 456 g/mol. The van der Waals surface area contributed by atoms with E-state index in [4.69, 9.17) is 14.6 Å². The lowest BCUT2D eigenvalue weighted by molar-refractivity contribution is -0.192. The Labute approximate surface area is 186 Å². The van der Waals surface area contributed by atoms with E-state index < -0.39 is 12.1 Å². The summed E-state index contributed by atoms with van der Waals surface area (Å²) >= 11 is 0. The Hall–Kier alpha value is -2.13. The number of carboxylic acids is 1. The van der Waals surface area contributed by atoms with Crippen LogP contribution in [0.2, 0.25) is 0 Å². The smallest absolute Gasteiger partial charge is 0.475 e. The van der Waals surface area contributed by atoms with Crippen LogP contribution in [0.25, 0.3) is 0 Å². The van der Waals surface area contributed by atoms with Crippen LogP contribution in [-0.4, -0.2) is 71.3 Å². The lowest BCUT2D eigenvalue weighted by Gasteiger charge is -2.42. The topological polar surface area (TPSA) is 70.1 Å². The normalized spacial score (nSPS) is 24.6. The van der Waals surface area contributed by atoms with E-state index >= 15 is 0 Å². The summed E-state index contributed by atoms with van der Waals surface area (Å²) in [7, 11) is 0. The van der Waals surface area contributed by atoms with Gasteiger partial charge in [-0.25, -0.2) is 4.79 Å².